The lowest BCUT2D eigenvalue weighted by Crippen LogP contribution is -2.35. The van der Waals surface area contributed by atoms with Crippen molar-refractivity contribution in [2.24, 2.45) is 41.4 Å². The van der Waals surface area contributed by atoms with Crippen molar-refractivity contribution in [3.63, 3.8) is 0 Å². The maximum absolute atomic E-state index is 14.1. The fraction of sp³-hybridized carbons (Fsp3) is 0.724. The van der Waals surface area contributed by atoms with Crippen molar-refractivity contribution < 1.29 is 8.78 Å². The van der Waals surface area contributed by atoms with Gasteiger partial charge in [-0.15, -0.1) is 0 Å². The van der Waals surface area contributed by atoms with Crippen LogP contribution in [0.5, 0.6) is 0 Å². The van der Waals surface area contributed by atoms with Crippen LogP contribution in [0.2, 0.25) is 0 Å². The number of benzene rings is 1. The summed E-state index contributed by atoms with van der Waals surface area (Å²) in [6, 6.07) is 3.17. The van der Waals surface area contributed by atoms with Crippen LogP contribution in [0.15, 0.2) is 24.3 Å². The van der Waals surface area contributed by atoms with Crippen LogP contribution in [0.3, 0.4) is 0 Å². The third-order valence-corrected chi connectivity index (χ3v) is 9.85. The lowest BCUT2D eigenvalue weighted by Gasteiger charge is -2.45. The first-order valence-electron chi connectivity index (χ1n) is 13.2. The van der Waals surface area contributed by atoms with E-state index in [4.69, 9.17) is 0 Å². The van der Waals surface area contributed by atoms with Crippen LogP contribution in [-0.2, 0) is 12.8 Å². The van der Waals surface area contributed by atoms with Crippen molar-refractivity contribution in [2.75, 3.05) is 0 Å². The number of fused-ring (bicyclic) bond motifs is 2. The lowest BCUT2D eigenvalue weighted by molar-refractivity contribution is 0.0611. The van der Waals surface area contributed by atoms with E-state index >= 15 is 0 Å². The molecule has 170 valence electrons. The maximum atomic E-state index is 14.1. The molecule has 0 aromatic heterocycles. The molecule has 5 atom stereocenters. The molecule has 4 aliphatic carbocycles. The molecule has 0 amide bonds. The van der Waals surface area contributed by atoms with E-state index in [0.29, 0.717) is 11.5 Å². The van der Waals surface area contributed by atoms with Gasteiger partial charge in [-0.2, -0.15) is 0 Å². The van der Waals surface area contributed by atoms with Gasteiger partial charge in [0.15, 0.2) is 11.6 Å². The second-order valence-electron chi connectivity index (χ2n) is 11.4. The van der Waals surface area contributed by atoms with Gasteiger partial charge in [0.2, 0.25) is 0 Å². The minimum atomic E-state index is -0.678. The van der Waals surface area contributed by atoms with Gasteiger partial charge in [0, 0.05) is 0 Å². The van der Waals surface area contributed by atoms with Gasteiger partial charge in [-0.3, -0.25) is 0 Å². The minimum absolute atomic E-state index is 0.588. The van der Waals surface area contributed by atoms with Gasteiger partial charge in [0.25, 0.3) is 0 Å². The Kier molecular flexibility index (Phi) is 6.54. The predicted molar refractivity (Wildman–Crippen MR) is 124 cm³/mol. The second kappa shape index (κ2) is 9.36. The Hall–Kier alpha value is -1.18. The predicted octanol–water partition coefficient (Wildman–Crippen LogP) is 8.28. The number of rotatable bonds is 3. The summed E-state index contributed by atoms with van der Waals surface area (Å²) in [5.41, 5.74) is 1.73. The molecule has 0 heterocycles. The number of allylic oxidation sites excluding steroid dienone is 2. The van der Waals surface area contributed by atoms with Gasteiger partial charge in [-0.05, 0) is 149 Å². The smallest absolute Gasteiger partial charge is 0.162 e. The van der Waals surface area contributed by atoms with Crippen LogP contribution in [0.25, 0.3) is 0 Å². The highest BCUT2D eigenvalue weighted by Crippen LogP contribution is 2.50. The molecule has 3 saturated carbocycles. The Morgan fingerprint density at radius 1 is 0.710 bits per heavy atom. The lowest BCUT2D eigenvalue weighted by atomic mass is 9.60. The summed E-state index contributed by atoms with van der Waals surface area (Å²) < 4.78 is 27.7. The number of hydrogen-bond donors (Lipinski definition) is 0. The molecule has 0 nitrogen and oxygen atoms in total. The van der Waals surface area contributed by atoms with Crippen LogP contribution >= 0.6 is 0 Å². The Balaban J connectivity index is 1.13. The zero-order valence-electron chi connectivity index (χ0n) is 19.3. The van der Waals surface area contributed by atoms with E-state index in [9.17, 15) is 8.78 Å². The van der Waals surface area contributed by atoms with Crippen molar-refractivity contribution in [3.8, 4) is 0 Å². The van der Waals surface area contributed by atoms with Crippen LogP contribution < -0.4 is 0 Å². The summed E-state index contributed by atoms with van der Waals surface area (Å²) in [4.78, 5) is 0. The third kappa shape index (κ3) is 4.51. The fourth-order valence-corrected chi connectivity index (χ4v) is 8.14. The number of halogens is 2. The Morgan fingerprint density at radius 2 is 1.32 bits per heavy atom. The first-order chi connectivity index (χ1) is 15.1. The van der Waals surface area contributed by atoms with Gasteiger partial charge in [-0.25, -0.2) is 8.78 Å². The normalized spacial score (nSPS) is 38.6. The Bertz CT molecular complexity index is 788. The van der Waals surface area contributed by atoms with E-state index in [0.717, 1.165) is 60.3 Å². The molecule has 5 unspecified atom stereocenters. The molecule has 0 saturated heterocycles. The van der Waals surface area contributed by atoms with E-state index in [-0.39, 0.29) is 0 Å². The molecule has 4 aliphatic rings. The highest BCUT2D eigenvalue weighted by molar-refractivity contribution is 5.32. The Morgan fingerprint density at radius 3 is 2.06 bits per heavy atom. The highest BCUT2D eigenvalue weighted by atomic mass is 19.2. The van der Waals surface area contributed by atoms with Gasteiger partial charge >= 0.3 is 0 Å². The summed E-state index contributed by atoms with van der Waals surface area (Å²) in [6.45, 7) is 2.17. The van der Waals surface area contributed by atoms with Crippen LogP contribution in [-0.4, -0.2) is 0 Å². The third-order valence-electron chi connectivity index (χ3n) is 9.85. The summed E-state index contributed by atoms with van der Waals surface area (Å²) in [5.74, 6) is 4.98. The molecule has 3 fully saturated rings. The van der Waals surface area contributed by atoms with Crippen molar-refractivity contribution in [3.05, 3.63) is 47.0 Å². The summed E-state index contributed by atoms with van der Waals surface area (Å²) in [6.07, 6.45) is 21.8. The standard InChI is InChI=1S/C29H40F2/c1-2-3-19-4-5-25-17-23(11-10-22(25)16-19)20-6-8-21(9-7-20)24-12-14-27-26(18-24)13-15-28(30)29(27)31/h2-3,13,15,19-25H,4-12,14,16-18H2,1H3/b3-2+. The SMILES string of the molecule is C/C=C/C1CCC2CC(C3CCC(C4CCc5c(ccc(F)c5F)C4)CC3)CCC2C1. The minimum Gasteiger partial charge on any atom is -0.204 e. The zero-order chi connectivity index (χ0) is 21.4. The molecule has 5 rings (SSSR count). The average Bonchev–Trinajstić information content (AvgIpc) is 2.81. The van der Waals surface area contributed by atoms with Gasteiger partial charge in [-0.1, -0.05) is 18.2 Å². The van der Waals surface area contributed by atoms with E-state index in [1.54, 1.807) is 0 Å². The molecule has 0 bridgehead atoms. The monoisotopic (exact) mass is 426 g/mol. The molecule has 1 aromatic rings. The van der Waals surface area contributed by atoms with Crippen molar-refractivity contribution >= 4 is 0 Å². The first-order valence-corrected chi connectivity index (χ1v) is 13.2. The van der Waals surface area contributed by atoms with Gasteiger partial charge < -0.3 is 0 Å². The molecule has 2 heteroatoms. The number of hydrogen-bond acceptors (Lipinski definition) is 0. The molecule has 0 aliphatic heterocycles. The van der Waals surface area contributed by atoms with E-state index in [1.807, 2.05) is 6.07 Å². The summed E-state index contributed by atoms with van der Waals surface area (Å²) in [5, 5.41) is 0. The molecular weight excluding hydrogens is 386 g/mol. The van der Waals surface area contributed by atoms with Crippen LogP contribution in [0.1, 0.15) is 88.7 Å². The van der Waals surface area contributed by atoms with E-state index < -0.39 is 11.6 Å². The first kappa shape index (κ1) is 21.7. The molecule has 0 N–H and O–H groups in total. The van der Waals surface area contributed by atoms with E-state index in [1.165, 1.54) is 70.3 Å². The quantitative estimate of drug-likeness (QED) is 0.427. The molecular formula is C29H40F2. The summed E-state index contributed by atoms with van der Waals surface area (Å²) >= 11 is 0. The van der Waals surface area contributed by atoms with Gasteiger partial charge in [0.05, 0.1) is 0 Å². The van der Waals surface area contributed by atoms with Gasteiger partial charge in [0.1, 0.15) is 0 Å². The average molecular weight is 427 g/mol. The largest absolute Gasteiger partial charge is 0.204 e. The van der Waals surface area contributed by atoms with Crippen LogP contribution in [0, 0.1) is 53.1 Å². The molecule has 0 spiro atoms. The van der Waals surface area contributed by atoms with Crippen molar-refractivity contribution in [2.45, 2.75) is 90.4 Å². The second-order valence-corrected chi connectivity index (χ2v) is 11.4. The topological polar surface area (TPSA) is 0 Å². The molecule has 31 heavy (non-hydrogen) atoms. The molecule has 1 aromatic carbocycles. The zero-order valence-corrected chi connectivity index (χ0v) is 19.3. The maximum Gasteiger partial charge on any atom is 0.162 e. The van der Waals surface area contributed by atoms with Crippen molar-refractivity contribution in [1.29, 1.82) is 0 Å². The van der Waals surface area contributed by atoms with Crippen LogP contribution in [0.4, 0.5) is 8.78 Å². The van der Waals surface area contributed by atoms with E-state index in [2.05, 4.69) is 19.1 Å². The Labute approximate surface area is 187 Å². The molecule has 0 radical (unpaired) electrons. The highest BCUT2D eigenvalue weighted by Gasteiger charge is 2.39. The summed E-state index contributed by atoms with van der Waals surface area (Å²) in [7, 11) is 0. The van der Waals surface area contributed by atoms with Crippen molar-refractivity contribution in [1.82, 2.24) is 0 Å². The fourth-order valence-electron chi connectivity index (χ4n) is 8.14.